The number of carbonyl (C=O) groups excluding carboxylic acids is 2. The van der Waals surface area contributed by atoms with E-state index in [0.29, 0.717) is 35.1 Å². The van der Waals surface area contributed by atoms with Gasteiger partial charge < -0.3 is 9.84 Å². The predicted molar refractivity (Wildman–Crippen MR) is 92.1 cm³/mol. The van der Waals surface area contributed by atoms with Crippen LogP contribution < -0.4 is 0 Å². The Labute approximate surface area is 141 Å². The summed E-state index contributed by atoms with van der Waals surface area (Å²) < 4.78 is 5.05. The first kappa shape index (κ1) is 17.5. The fourth-order valence-corrected chi connectivity index (χ4v) is 2.33. The molecule has 0 aromatic heterocycles. The van der Waals surface area contributed by atoms with Crippen LogP contribution in [0.25, 0.3) is 0 Å². The molecule has 1 N–H and O–H groups in total. The van der Waals surface area contributed by atoms with E-state index < -0.39 is 5.97 Å². The maximum absolute atomic E-state index is 12.6. The summed E-state index contributed by atoms with van der Waals surface area (Å²) in [6, 6.07) is 13.8. The zero-order valence-corrected chi connectivity index (χ0v) is 13.6. The van der Waals surface area contributed by atoms with Crippen LogP contribution in [0, 0.1) is 0 Å². The summed E-state index contributed by atoms with van der Waals surface area (Å²) in [7, 11) is 0. The summed E-state index contributed by atoms with van der Waals surface area (Å²) in [5.74, 6) is -0.503. The number of rotatable bonds is 7. The summed E-state index contributed by atoms with van der Waals surface area (Å²) >= 11 is 0. The van der Waals surface area contributed by atoms with E-state index >= 15 is 0 Å². The van der Waals surface area contributed by atoms with E-state index in [0.717, 1.165) is 0 Å². The predicted octanol–water partition coefficient (Wildman–Crippen LogP) is 3.68. The van der Waals surface area contributed by atoms with E-state index in [1.807, 2.05) is 6.07 Å². The van der Waals surface area contributed by atoms with Crippen LogP contribution in [0.3, 0.4) is 0 Å². The molecule has 2 aromatic rings. The summed E-state index contributed by atoms with van der Waals surface area (Å²) in [5.41, 5.74) is 1.95. The van der Waals surface area contributed by atoms with E-state index in [1.165, 1.54) is 0 Å². The van der Waals surface area contributed by atoms with Crippen LogP contribution in [0.5, 0.6) is 5.75 Å². The first-order chi connectivity index (χ1) is 11.5. The Hall–Kier alpha value is -2.88. The van der Waals surface area contributed by atoms with Gasteiger partial charge >= 0.3 is 5.97 Å². The standard InChI is InChI=1S/C20H20O4/c1-14(2)20(23)24-13-7-11-16-17(10-6-12-18(16)21)19(22)15-8-4-3-5-9-15/h3-6,8-10,12,21H,1,7,11,13H2,2H3. The van der Waals surface area contributed by atoms with Gasteiger partial charge in [-0.25, -0.2) is 4.79 Å². The Balaban J connectivity index is 2.11. The smallest absolute Gasteiger partial charge is 0.333 e. The molecule has 4 heteroatoms. The summed E-state index contributed by atoms with van der Waals surface area (Å²) in [6.45, 7) is 5.31. The molecular weight excluding hydrogens is 304 g/mol. The third-order valence-electron chi connectivity index (χ3n) is 3.58. The highest BCUT2D eigenvalue weighted by molar-refractivity contribution is 6.10. The highest BCUT2D eigenvalue weighted by Gasteiger charge is 2.16. The van der Waals surface area contributed by atoms with Gasteiger partial charge in [-0.2, -0.15) is 0 Å². The lowest BCUT2D eigenvalue weighted by molar-refractivity contribution is -0.139. The van der Waals surface area contributed by atoms with Crippen LogP contribution in [0.2, 0.25) is 0 Å². The number of esters is 1. The number of ketones is 1. The fraction of sp³-hybridized carbons (Fsp3) is 0.200. The second kappa shape index (κ2) is 8.11. The molecule has 0 atom stereocenters. The molecule has 0 unspecified atom stereocenters. The Kier molecular flexibility index (Phi) is 5.90. The molecule has 4 nitrogen and oxygen atoms in total. The van der Waals surface area contributed by atoms with Crippen LogP contribution in [-0.2, 0) is 16.0 Å². The first-order valence-corrected chi connectivity index (χ1v) is 7.74. The molecule has 0 amide bonds. The van der Waals surface area contributed by atoms with Gasteiger partial charge in [-0.15, -0.1) is 0 Å². The SMILES string of the molecule is C=C(C)C(=O)OCCCc1c(O)cccc1C(=O)c1ccccc1. The highest BCUT2D eigenvalue weighted by atomic mass is 16.5. The molecule has 0 aliphatic rings. The van der Waals surface area contributed by atoms with Gasteiger partial charge in [-0.05, 0) is 25.8 Å². The number of ether oxygens (including phenoxy) is 1. The van der Waals surface area contributed by atoms with E-state index in [9.17, 15) is 14.7 Å². The average Bonchev–Trinajstić information content (AvgIpc) is 2.59. The largest absolute Gasteiger partial charge is 0.508 e. The van der Waals surface area contributed by atoms with Crippen molar-refractivity contribution in [3.63, 3.8) is 0 Å². The van der Waals surface area contributed by atoms with Crippen molar-refractivity contribution in [2.45, 2.75) is 19.8 Å². The van der Waals surface area contributed by atoms with Gasteiger partial charge in [0, 0.05) is 22.3 Å². The number of phenols is 1. The number of hydrogen-bond donors (Lipinski definition) is 1. The maximum Gasteiger partial charge on any atom is 0.333 e. The number of phenolic OH excluding ortho intramolecular Hbond substituents is 1. The van der Waals surface area contributed by atoms with Crippen LogP contribution in [-0.4, -0.2) is 23.5 Å². The summed E-state index contributed by atoms with van der Waals surface area (Å²) in [6.07, 6.45) is 0.940. The van der Waals surface area contributed by atoms with Gasteiger partial charge in [0.2, 0.25) is 0 Å². The van der Waals surface area contributed by atoms with Crippen molar-refractivity contribution in [2.75, 3.05) is 6.61 Å². The second-order valence-corrected chi connectivity index (χ2v) is 5.52. The minimum atomic E-state index is -0.437. The first-order valence-electron chi connectivity index (χ1n) is 7.74. The van der Waals surface area contributed by atoms with Crippen LogP contribution in [0.15, 0.2) is 60.7 Å². The molecule has 2 aromatic carbocycles. The highest BCUT2D eigenvalue weighted by Crippen LogP contribution is 2.25. The van der Waals surface area contributed by atoms with Crippen LogP contribution >= 0.6 is 0 Å². The molecular formula is C20H20O4. The van der Waals surface area contributed by atoms with Gasteiger partial charge in [0.25, 0.3) is 0 Å². The summed E-state index contributed by atoms with van der Waals surface area (Å²) in [4.78, 5) is 24.0. The Morgan fingerprint density at radius 1 is 1.08 bits per heavy atom. The molecule has 0 fully saturated rings. The van der Waals surface area contributed by atoms with Crippen molar-refractivity contribution in [1.82, 2.24) is 0 Å². The van der Waals surface area contributed by atoms with Gasteiger partial charge in [0.1, 0.15) is 5.75 Å². The molecule has 24 heavy (non-hydrogen) atoms. The normalized spacial score (nSPS) is 10.2. The third kappa shape index (κ3) is 4.32. The molecule has 0 aliphatic heterocycles. The van der Waals surface area contributed by atoms with Crippen LogP contribution in [0.1, 0.15) is 34.8 Å². The maximum atomic E-state index is 12.6. The monoisotopic (exact) mass is 324 g/mol. The minimum Gasteiger partial charge on any atom is -0.508 e. The van der Waals surface area contributed by atoms with Gasteiger partial charge in [-0.3, -0.25) is 4.79 Å². The van der Waals surface area contributed by atoms with E-state index in [1.54, 1.807) is 49.4 Å². The number of hydrogen-bond acceptors (Lipinski definition) is 4. The summed E-state index contributed by atoms with van der Waals surface area (Å²) in [5, 5.41) is 10.1. The molecule has 2 rings (SSSR count). The number of aromatic hydroxyl groups is 1. The van der Waals surface area contributed by atoms with Crippen molar-refractivity contribution < 1.29 is 19.4 Å². The van der Waals surface area contributed by atoms with Gasteiger partial charge in [0.05, 0.1) is 6.61 Å². The lowest BCUT2D eigenvalue weighted by Gasteiger charge is -2.11. The van der Waals surface area contributed by atoms with Gasteiger partial charge in [-0.1, -0.05) is 49.0 Å². The fourth-order valence-electron chi connectivity index (χ4n) is 2.33. The van der Waals surface area contributed by atoms with E-state index in [4.69, 9.17) is 4.74 Å². The molecule has 0 saturated carbocycles. The Morgan fingerprint density at radius 2 is 1.79 bits per heavy atom. The quantitative estimate of drug-likeness (QED) is 0.365. The zero-order chi connectivity index (χ0) is 17.5. The molecule has 0 saturated heterocycles. The minimum absolute atomic E-state index is 0.0722. The molecule has 0 aliphatic carbocycles. The lowest BCUT2D eigenvalue weighted by atomic mass is 9.95. The third-order valence-corrected chi connectivity index (χ3v) is 3.58. The number of benzene rings is 2. The molecule has 0 bridgehead atoms. The van der Waals surface area contributed by atoms with Gasteiger partial charge in [0.15, 0.2) is 5.78 Å². The molecule has 0 spiro atoms. The number of carbonyl (C=O) groups is 2. The molecule has 124 valence electrons. The molecule has 0 radical (unpaired) electrons. The van der Waals surface area contributed by atoms with E-state index in [-0.39, 0.29) is 18.1 Å². The van der Waals surface area contributed by atoms with Crippen molar-refractivity contribution in [2.24, 2.45) is 0 Å². The second-order valence-electron chi connectivity index (χ2n) is 5.52. The van der Waals surface area contributed by atoms with Crippen molar-refractivity contribution >= 4 is 11.8 Å². The topological polar surface area (TPSA) is 63.6 Å². The van der Waals surface area contributed by atoms with Crippen molar-refractivity contribution in [1.29, 1.82) is 0 Å². The van der Waals surface area contributed by atoms with E-state index in [2.05, 4.69) is 6.58 Å². The average molecular weight is 324 g/mol. The molecule has 0 heterocycles. The Morgan fingerprint density at radius 3 is 2.46 bits per heavy atom. The van der Waals surface area contributed by atoms with Crippen molar-refractivity contribution in [3.8, 4) is 5.75 Å². The zero-order valence-electron chi connectivity index (χ0n) is 13.6. The Bertz CT molecular complexity index is 747. The van der Waals surface area contributed by atoms with Crippen LogP contribution in [0.4, 0.5) is 0 Å². The lowest BCUT2D eigenvalue weighted by Crippen LogP contribution is -2.09. The van der Waals surface area contributed by atoms with Crippen molar-refractivity contribution in [3.05, 3.63) is 77.4 Å².